The molecule has 23 heavy (non-hydrogen) atoms. The Morgan fingerprint density at radius 2 is 2.17 bits per heavy atom. The molecule has 0 atom stereocenters. The van der Waals surface area contributed by atoms with Crippen LogP contribution in [0.15, 0.2) is 53.0 Å². The van der Waals surface area contributed by atoms with E-state index in [1.54, 1.807) is 13.0 Å². The second-order valence-electron chi connectivity index (χ2n) is 4.52. The molecule has 7 heteroatoms. The Kier molecular flexibility index (Phi) is 6.31. The quantitative estimate of drug-likeness (QED) is 0.615. The maximum atomic E-state index is 11.8. The monoisotopic (exact) mass is 350 g/mol. The van der Waals surface area contributed by atoms with Crippen molar-refractivity contribution >= 4 is 34.8 Å². The Bertz CT molecular complexity index is 792. The molecule has 0 aliphatic rings. The second kappa shape index (κ2) is 8.45. The predicted molar refractivity (Wildman–Crippen MR) is 89.2 cm³/mol. The van der Waals surface area contributed by atoms with E-state index in [0.717, 1.165) is 5.56 Å². The number of amides is 1. The van der Waals surface area contributed by atoms with Crippen LogP contribution >= 0.6 is 22.9 Å². The van der Waals surface area contributed by atoms with Crippen molar-refractivity contribution in [3.05, 3.63) is 63.4 Å². The summed E-state index contributed by atoms with van der Waals surface area (Å²) in [6, 6.07) is 7.48. The van der Waals surface area contributed by atoms with Gasteiger partial charge in [0.25, 0.3) is 5.91 Å². The van der Waals surface area contributed by atoms with Crippen molar-refractivity contribution in [1.29, 1.82) is 0 Å². The van der Waals surface area contributed by atoms with Crippen LogP contribution < -0.4 is 4.80 Å². The van der Waals surface area contributed by atoms with Crippen molar-refractivity contribution in [2.75, 3.05) is 6.61 Å². The third-order valence-corrected chi connectivity index (χ3v) is 3.98. The minimum absolute atomic E-state index is 0.382. The number of rotatable bonds is 5. The summed E-state index contributed by atoms with van der Waals surface area (Å²) in [7, 11) is 0. The number of nitrogens with zero attached hydrogens (tertiary/aromatic N) is 2. The van der Waals surface area contributed by atoms with E-state index in [1.165, 1.54) is 17.4 Å². The highest BCUT2D eigenvalue weighted by Gasteiger charge is 2.06. The largest absolute Gasteiger partial charge is 0.452 e. The molecule has 1 aromatic carbocycles. The SMILES string of the molecule is C/C=C/C(=O)OCC(=O)N=c1sccn1Cc1ccccc1Cl. The second-order valence-corrected chi connectivity index (χ2v) is 5.80. The Labute approximate surface area is 142 Å². The van der Waals surface area contributed by atoms with Crippen LogP contribution in [0.1, 0.15) is 12.5 Å². The number of ether oxygens (including phenoxy) is 1. The molecular formula is C16H15ClN2O3S. The molecule has 2 rings (SSSR count). The smallest absolute Gasteiger partial charge is 0.330 e. The van der Waals surface area contributed by atoms with Gasteiger partial charge in [0.05, 0.1) is 6.54 Å². The molecule has 0 fully saturated rings. The first-order valence-electron chi connectivity index (χ1n) is 6.84. The summed E-state index contributed by atoms with van der Waals surface area (Å²) in [5.74, 6) is -1.08. The summed E-state index contributed by atoms with van der Waals surface area (Å²) < 4.78 is 6.59. The fraction of sp³-hybridized carbons (Fsp3) is 0.188. The molecule has 2 aromatic rings. The van der Waals surface area contributed by atoms with Gasteiger partial charge >= 0.3 is 5.97 Å². The molecular weight excluding hydrogens is 336 g/mol. The summed E-state index contributed by atoms with van der Waals surface area (Å²) >= 11 is 7.47. The Morgan fingerprint density at radius 1 is 1.39 bits per heavy atom. The number of halogens is 1. The first kappa shape index (κ1) is 17.2. The topological polar surface area (TPSA) is 60.7 Å². The molecule has 0 N–H and O–H groups in total. The van der Waals surface area contributed by atoms with Gasteiger partial charge in [0, 0.05) is 22.7 Å². The van der Waals surface area contributed by atoms with Crippen LogP contribution in [0.25, 0.3) is 0 Å². The first-order chi connectivity index (χ1) is 11.1. The Hall–Kier alpha value is -2.18. The minimum Gasteiger partial charge on any atom is -0.452 e. The van der Waals surface area contributed by atoms with Crippen LogP contribution in [0.3, 0.4) is 0 Å². The molecule has 0 bridgehead atoms. The lowest BCUT2D eigenvalue weighted by Gasteiger charge is -2.05. The zero-order valence-corrected chi connectivity index (χ0v) is 14.0. The van der Waals surface area contributed by atoms with Gasteiger partial charge in [-0.3, -0.25) is 4.79 Å². The average molecular weight is 351 g/mol. The lowest BCUT2D eigenvalue weighted by molar-refractivity contribution is -0.142. The predicted octanol–water partition coefficient (Wildman–Crippen LogP) is 2.80. The third kappa shape index (κ3) is 5.19. The molecule has 120 valence electrons. The summed E-state index contributed by atoms with van der Waals surface area (Å²) in [5.41, 5.74) is 0.931. The number of allylic oxidation sites excluding steroid dienone is 1. The van der Waals surface area contributed by atoms with Gasteiger partial charge < -0.3 is 9.30 Å². The van der Waals surface area contributed by atoms with Crippen LogP contribution in [0.2, 0.25) is 5.02 Å². The molecule has 1 heterocycles. The number of carbonyl (C=O) groups is 2. The van der Waals surface area contributed by atoms with Crippen molar-refractivity contribution in [2.45, 2.75) is 13.5 Å². The number of hydrogen-bond acceptors (Lipinski definition) is 4. The normalized spacial score (nSPS) is 11.8. The van der Waals surface area contributed by atoms with E-state index >= 15 is 0 Å². The summed E-state index contributed by atoms with van der Waals surface area (Å²) in [5, 5.41) is 2.48. The zero-order valence-electron chi connectivity index (χ0n) is 12.4. The maximum Gasteiger partial charge on any atom is 0.330 e. The van der Waals surface area contributed by atoms with Crippen molar-refractivity contribution in [3.8, 4) is 0 Å². The van der Waals surface area contributed by atoms with Gasteiger partial charge in [-0.1, -0.05) is 35.9 Å². The average Bonchev–Trinajstić information content (AvgIpc) is 2.95. The summed E-state index contributed by atoms with van der Waals surface area (Å²) in [6.07, 6.45) is 4.61. The summed E-state index contributed by atoms with van der Waals surface area (Å²) in [6.45, 7) is 1.82. The highest BCUT2D eigenvalue weighted by molar-refractivity contribution is 7.07. The lowest BCUT2D eigenvalue weighted by atomic mass is 10.2. The number of thiazole rings is 1. The van der Waals surface area contributed by atoms with Gasteiger partial charge in [-0.2, -0.15) is 4.99 Å². The Balaban J connectivity index is 2.09. The van der Waals surface area contributed by atoms with E-state index in [-0.39, 0.29) is 6.61 Å². The molecule has 0 aliphatic carbocycles. The van der Waals surface area contributed by atoms with Crippen molar-refractivity contribution < 1.29 is 14.3 Å². The molecule has 0 spiro atoms. The highest BCUT2D eigenvalue weighted by Crippen LogP contribution is 2.15. The van der Waals surface area contributed by atoms with Crippen LogP contribution in [0.4, 0.5) is 0 Å². The summed E-state index contributed by atoms with van der Waals surface area (Å²) in [4.78, 5) is 27.5. The lowest BCUT2D eigenvalue weighted by Crippen LogP contribution is -2.19. The van der Waals surface area contributed by atoms with Gasteiger partial charge in [0.15, 0.2) is 11.4 Å². The number of aromatic nitrogens is 1. The van der Waals surface area contributed by atoms with Gasteiger partial charge in [-0.25, -0.2) is 4.79 Å². The number of carbonyl (C=O) groups excluding carboxylic acids is 2. The van der Waals surface area contributed by atoms with Crippen LogP contribution in [-0.4, -0.2) is 23.1 Å². The number of benzene rings is 1. The zero-order chi connectivity index (χ0) is 16.7. The third-order valence-electron chi connectivity index (χ3n) is 2.82. The molecule has 0 saturated heterocycles. The van der Waals surface area contributed by atoms with Crippen LogP contribution in [0, 0.1) is 0 Å². The van der Waals surface area contributed by atoms with Gasteiger partial charge in [-0.05, 0) is 18.6 Å². The van der Waals surface area contributed by atoms with Crippen LogP contribution in [0.5, 0.6) is 0 Å². The highest BCUT2D eigenvalue weighted by atomic mass is 35.5. The van der Waals surface area contributed by atoms with Gasteiger partial charge in [0.2, 0.25) is 0 Å². The van der Waals surface area contributed by atoms with E-state index < -0.39 is 11.9 Å². The van der Waals surface area contributed by atoms with E-state index in [1.807, 2.05) is 40.4 Å². The van der Waals surface area contributed by atoms with Crippen molar-refractivity contribution in [3.63, 3.8) is 0 Å². The number of hydrogen-bond donors (Lipinski definition) is 0. The molecule has 0 saturated carbocycles. The van der Waals surface area contributed by atoms with Crippen molar-refractivity contribution in [2.24, 2.45) is 4.99 Å². The minimum atomic E-state index is -0.564. The van der Waals surface area contributed by atoms with Gasteiger partial charge in [0.1, 0.15) is 0 Å². The van der Waals surface area contributed by atoms with E-state index in [4.69, 9.17) is 16.3 Å². The molecule has 0 radical (unpaired) electrons. The van der Waals surface area contributed by atoms with Gasteiger partial charge in [-0.15, -0.1) is 11.3 Å². The van der Waals surface area contributed by atoms with E-state index in [9.17, 15) is 9.59 Å². The first-order valence-corrected chi connectivity index (χ1v) is 8.10. The molecule has 1 aromatic heterocycles. The fourth-order valence-corrected chi connectivity index (χ4v) is 2.71. The Morgan fingerprint density at radius 3 is 2.91 bits per heavy atom. The van der Waals surface area contributed by atoms with Crippen LogP contribution in [-0.2, 0) is 20.9 Å². The molecule has 1 amide bonds. The fourth-order valence-electron chi connectivity index (χ4n) is 1.77. The van der Waals surface area contributed by atoms with E-state index in [2.05, 4.69) is 4.99 Å². The molecule has 0 aliphatic heterocycles. The van der Waals surface area contributed by atoms with Crippen molar-refractivity contribution in [1.82, 2.24) is 4.57 Å². The van der Waals surface area contributed by atoms with E-state index in [0.29, 0.717) is 16.4 Å². The molecule has 0 unspecified atom stereocenters. The molecule has 5 nitrogen and oxygen atoms in total. The standard InChI is InChI=1S/C16H15ClN2O3S/c1-2-5-15(21)22-11-14(20)18-16-19(8-9-23-16)10-12-6-3-4-7-13(12)17/h2-9H,10-11H2,1H3/b5-2+,18-16?. The number of esters is 1. The maximum absolute atomic E-state index is 11.8.